The van der Waals surface area contributed by atoms with Gasteiger partial charge in [-0.25, -0.2) is 19.3 Å². The molecule has 2 aromatic rings. The molecule has 0 unspecified atom stereocenters. The number of aromatic nitrogens is 4. The molecule has 1 aliphatic rings. The van der Waals surface area contributed by atoms with Crippen LogP contribution in [0.5, 0.6) is 0 Å². The predicted molar refractivity (Wildman–Crippen MR) is 66.3 cm³/mol. The van der Waals surface area contributed by atoms with E-state index in [1.807, 2.05) is 0 Å². The molecule has 1 fully saturated rings. The van der Waals surface area contributed by atoms with E-state index in [4.69, 9.17) is 10.5 Å². The number of nitrogens with two attached hydrogens (primary N) is 1. The van der Waals surface area contributed by atoms with Gasteiger partial charge in [0.05, 0.1) is 12.9 Å². The number of anilines is 1. The van der Waals surface area contributed by atoms with E-state index in [-0.39, 0.29) is 12.2 Å². The number of nitrogens with zero attached hydrogens (tertiary/aromatic N) is 4. The summed E-state index contributed by atoms with van der Waals surface area (Å²) in [5.41, 5.74) is 5.05. The van der Waals surface area contributed by atoms with Gasteiger partial charge in [0.15, 0.2) is 17.7 Å². The second kappa shape index (κ2) is 4.62. The van der Waals surface area contributed by atoms with Crippen molar-refractivity contribution < 1.29 is 19.3 Å². The zero-order chi connectivity index (χ0) is 14.3. The molecule has 1 saturated heterocycles. The first-order valence-electron chi connectivity index (χ1n) is 6.06. The molecule has 0 radical (unpaired) electrons. The smallest absolute Gasteiger partial charge is 0.167 e. The summed E-state index contributed by atoms with van der Waals surface area (Å²) in [7, 11) is 0. The first-order chi connectivity index (χ1) is 9.60. The standard InChI is InChI=1S/C11H14FN5O3/c12-2-11(3-18)1-6(19)10(20-11)17-5-16-7-8(13)14-4-15-9(7)17/h4-6,10,18-19H,1-3H2,(H2,13,14,15)/t6-,10-,11-/m1/s1. The van der Waals surface area contributed by atoms with Crippen molar-refractivity contribution in [2.24, 2.45) is 0 Å². The van der Waals surface area contributed by atoms with Crippen LogP contribution in [0, 0.1) is 0 Å². The number of rotatable bonds is 3. The highest BCUT2D eigenvalue weighted by Crippen LogP contribution is 2.38. The van der Waals surface area contributed by atoms with Crippen molar-refractivity contribution in [1.29, 1.82) is 0 Å². The summed E-state index contributed by atoms with van der Waals surface area (Å²) >= 11 is 0. The Labute approximate surface area is 113 Å². The van der Waals surface area contributed by atoms with Crippen LogP contribution in [-0.2, 0) is 4.74 Å². The SMILES string of the molecule is Nc1ncnc2c1ncn2[C@@H]1O[C@@](CO)(CF)C[C@H]1O. The highest BCUT2D eigenvalue weighted by atomic mass is 19.1. The molecule has 0 aromatic carbocycles. The Morgan fingerprint density at radius 2 is 2.30 bits per heavy atom. The molecule has 8 nitrogen and oxygen atoms in total. The number of halogens is 1. The Balaban J connectivity index is 2.02. The Morgan fingerprint density at radius 3 is 2.95 bits per heavy atom. The zero-order valence-electron chi connectivity index (χ0n) is 10.5. The lowest BCUT2D eigenvalue weighted by atomic mass is 10.0. The lowest BCUT2D eigenvalue weighted by molar-refractivity contribution is -0.116. The van der Waals surface area contributed by atoms with Crippen LogP contribution in [0.2, 0.25) is 0 Å². The maximum atomic E-state index is 13.1. The predicted octanol–water partition coefficient (Wildman–Crippen LogP) is -0.611. The van der Waals surface area contributed by atoms with Crippen LogP contribution in [0.25, 0.3) is 11.2 Å². The van der Waals surface area contributed by atoms with Gasteiger partial charge in [0.1, 0.15) is 30.2 Å². The summed E-state index contributed by atoms with van der Waals surface area (Å²) in [6, 6.07) is 0. The van der Waals surface area contributed by atoms with Gasteiger partial charge in [-0.2, -0.15) is 0 Å². The van der Waals surface area contributed by atoms with Gasteiger partial charge in [0, 0.05) is 6.42 Å². The summed E-state index contributed by atoms with van der Waals surface area (Å²) in [5.74, 6) is 0.208. The van der Waals surface area contributed by atoms with E-state index >= 15 is 0 Å². The lowest BCUT2D eigenvalue weighted by Crippen LogP contribution is -2.35. The van der Waals surface area contributed by atoms with Crippen LogP contribution >= 0.6 is 0 Å². The van der Waals surface area contributed by atoms with Gasteiger partial charge in [-0.15, -0.1) is 0 Å². The summed E-state index contributed by atoms with van der Waals surface area (Å²) < 4.78 is 20.0. The third-order valence-corrected chi connectivity index (χ3v) is 3.47. The number of nitrogen functional groups attached to an aromatic ring is 1. The fraction of sp³-hybridized carbons (Fsp3) is 0.545. The fourth-order valence-electron chi connectivity index (χ4n) is 2.39. The Hall–Kier alpha value is -1.84. The third kappa shape index (κ3) is 1.82. The van der Waals surface area contributed by atoms with E-state index in [1.54, 1.807) is 0 Å². The average Bonchev–Trinajstić information content (AvgIpc) is 3.01. The summed E-state index contributed by atoms with van der Waals surface area (Å²) in [5, 5.41) is 19.3. The second-order valence-corrected chi connectivity index (χ2v) is 4.84. The molecule has 0 saturated carbocycles. The minimum Gasteiger partial charge on any atom is -0.393 e. The average molecular weight is 283 g/mol. The number of ether oxygens (including phenoxy) is 1. The first kappa shape index (κ1) is 13.2. The normalized spacial score (nSPS) is 30.1. The largest absolute Gasteiger partial charge is 0.393 e. The van der Waals surface area contributed by atoms with Crippen LogP contribution < -0.4 is 5.73 Å². The van der Waals surface area contributed by atoms with Crippen molar-refractivity contribution in [3.05, 3.63) is 12.7 Å². The molecule has 0 bridgehead atoms. The molecule has 0 aliphatic carbocycles. The Kier molecular flexibility index (Phi) is 3.04. The van der Waals surface area contributed by atoms with Gasteiger partial charge in [-0.05, 0) is 0 Å². The van der Waals surface area contributed by atoms with E-state index in [1.165, 1.54) is 17.2 Å². The van der Waals surface area contributed by atoms with E-state index in [0.29, 0.717) is 11.2 Å². The van der Waals surface area contributed by atoms with Crippen molar-refractivity contribution in [3.63, 3.8) is 0 Å². The molecular weight excluding hydrogens is 269 g/mol. The first-order valence-corrected chi connectivity index (χ1v) is 6.06. The van der Waals surface area contributed by atoms with Crippen molar-refractivity contribution in [2.45, 2.75) is 24.4 Å². The van der Waals surface area contributed by atoms with Gasteiger partial charge in [0.2, 0.25) is 0 Å². The highest BCUT2D eigenvalue weighted by Gasteiger charge is 2.47. The van der Waals surface area contributed by atoms with Crippen LogP contribution in [-0.4, -0.2) is 54.7 Å². The number of imidazole rings is 1. The van der Waals surface area contributed by atoms with Gasteiger partial charge < -0.3 is 20.7 Å². The topological polar surface area (TPSA) is 119 Å². The van der Waals surface area contributed by atoms with E-state index in [9.17, 15) is 14.6 Å². The number of alkyl halides is 1. The molecule has 1 aliphatic heterocycles. The molecule has 0 amide bonds. The summed E-state index contributed by atoms with van der Waals surface area (Å²) in [4.78, 5) is 11.9. The van der Waals surface area contributed by atoms with Crippen molar-refractivity contribution in [1.82, 2.24) is 19.5 Å². The van der Waals surface area contributed by atoms with Crippen molar-refractivity contribution in [3.8, 4) is 0 Å². The molecule has 0 spiro atoms. The number of aliphatic hydroxyl groups is 2. The molecule has 3 heterocycles. The molecule has 20 heavy (non-hydrogen) atoms. The third-order valence-electron chi connectivity index (χ3n) is 3.47. The molecule has 108 valence electrons. The highest BCUT2D eigenvalue weighted by molar-refractivity contribution is 5.81. The number of hydrogen-bond acceptors (Lipinski definition) is 7. The molecule has 4 N–H and O–H groups in total. The molecular formula is C11H14FN5O3. The van der Waals surface area contributed by atoms with Gasteiger partial charge in [0.25, 0.3) is 0 Å². The van der Waals surface area contributed by atoms with Gasteiger partial charge in [-0.3, -0.25) is 4.57 Å². The van der Waals surface area contributed by atoms with Crippen LogP contribution in [0.3, 0.4) is 0 Å². The summed E-state index contributed by atoms with van der Waals surface area (Å²) in [6.45, 7) is -1.40. The quantitative estimate of drug-likeness (QED) is 0.687. The van der Waals surface area contributed by atoms with Gasteiger partial charge >= 0.3 is 0 Å². The van der Waals surface area contributed by atoms with Crippen LogP contribution in [0.4, 0.5) is 10.2 Å². The minimum absolute atomic E-state index is 0.00902. The zero-order valence-corrected chi connectivity index (χ0v) is 10.5. The molecule has 3 atom stereocenters. The maximum absolute atomic E-state index is 13.1. The summed E-state index contributed by atoms with van der Waals surface area (Å²) in [6.07, 6.45) is 0.801. The minimum atomic E-state index is -1.39. The fourth-order valence-corrected chi connectivity index (χ4v) is 2.39. The molecule has 9 heteroatoms. The van der Waals surface area contributed by atoms with E-state index in [0.717, 1.165) is 0 Å². The maximum Gasteiger partial charge on any atom is 0.167 e. The van der Waals surface area contributed by atoms with Crippen molar-refractivity contribution >= 4 is 17.0 Å². The molecule has 3 rings (SSSR count). The van der Waals surface area contributed by atoms with E-state index in [2.05, 4.69) is 15.0 Å². The number of aliphatic hydroxyl groups excluding tert-OH is 2. The van der Waals surface area contributed by atoms with Crippen LogP contribution in [0.1, 0.15) is 12.6 Å². The molecule has 2 aromatic heterocycles. The van der Waals surface area contributed by atoms with Crippen molar-refractivity contribution in [2.75, 3.05) is 19.0 Å². The number of hydrogen-bond donors (Lipinski definition) is 3. The Bertz CT molecular complexity index is 630. The Morgan fingerprint density at radius 1 is 1.50 bits per heavy atom. The van der Waals surface area contributed by atoms with E-state index < -0.39 is 31.2 Å². The lowest BCUT2D eigenvalue weighted by Gasteiger charge is -2.23. The second-order valence-electron chi connectivity index (χ2n) is 4.84. The number of fused-ring (bicyclic) bond motifs is 1. The van der Waals surface area contributed by atoms with Gasteiger partial charge in [-0.1, -0.05) is 0 Å². The van der Waals surface area contributed by atoms with Crippen LogP contribution in [0.15, 0.2) is 12.7 Å². The monoisotopic (exact) mass is 283 g/mol.